The van der Waals surface area contributed by atoms with E-state index in [1.165, 1.54) is 46.2 Å². The lowest BCUT2D eigenvalue weighted by Gasteiger charge is -2.10. The van der Waals surface area contributed by atoms with Gasteiger partial charge in [-0.1, -0.05) is 7.43 Å². The largest absolute Gasteiger partial charge is 0.750 e. The maximum absolute atomic E-state index is 10.5. The average Bonchev–Trinajstić information content (AvgIpc) is 2.79. The first-order valence-corrected chi connectivity index (χ1v) is 15.9. The van der Waals surface area contributed by atoms with E-state index in [1.807, 2.05) is 0 Å². The molecule has 1 atom stereocenters. The number of nitrogens with one attached hydrogen (secondary N) is 4. The molecule has 1 rings (SSSR count). The summed E-state index contributed by atoms with van der Waals surface area (Å²) in [5, 5.41) is 8.52. The normalized spacial score (nSPS) is 13.7. The van der Waals surface area contributed by atoms with Crippen molar-refractivity contribution in [2.45, 2.75) is 69.2 Å². The molecule has 4 N–H and O–H groups in total. The molecule has 0 bridgehead atoms. The summed E-state index contributed by atoms with van der Waals surface area (Å²) in [6.07, 6.45) is 0.461. The van der Waals surface area contributed by atoms with Crippen molar-refractivity contribution in [3.05, 3.63) is 11.8 Å². The standard InChI is InChI=1S/2C6H15N.C4H7NO5S.C4H5NO4S.CH4.H2O4S/c2*1-4-7(5-2)6-3;1-3(6)2-4(7)5-11(8,9)10;1-3-2-4(6)5-10(7,8)9-3;;1-4-5(2)3/h2*4-6H2,1-3H3;2H2,1H3,(H,5,7)(H,8,9,10);2H,1H3,(H,5,6);1H4;1H,(H,2,3)/p-1. The fourth-order valence-electron chi connectivity index (χ4n) is 2.46. The van der Waals surface area contributed by atoms with Crippen molar-refractivity contribution in [2.75, 3.05) is 39.3 Å². The molecule has 20 heteroatoms. The molecule has 0 aromatic heterocycles. The van der Waals surface area contributed by atoms with Crippen LogP contribution in [0.4, 0.5) is 0 Å². The lowest BCUT2D eigenvalue weighted by Crippen LogP contribution is -3.11. The summed E-state index contributed by atoms with van der Waals surface area (Å²) in [6, 6.07) is 0. The van der Waals surface area contributed by atoms with Gasteiger partial charge in [-0.15, -0.1) is 0 Å². The zero-order valence-corrected chi connectivity index (χ0v) is 26.5. The summed E-state index contributed by atoms with van der Waals surface area (Å²) in [6.45, 7) is 23.5. The quantitative estimate of drug-likeness (QED) is 0.0582. The first-order chi connectivity index (χ1) is 18.3. The minimum Gasteiger partial charge on any atom is -0.750 e. The van der Waals surface area contributed by atoms with Crippen LogP contribution >= 0.6 is 0 Å². The molecule has 41 heavy (non-hydrogen) atoms. The van der Waals surface area contributed by atoms with Crippen LogP contribution in [0.1, 0.15) is 69.2 Å². The second kappa shape index (κ2) is 28.1. The number of quaternary nitrogens is 2. The fraction of sp³-hybridized carbons (Fsp3) is 0.762. The van der Waals surface area contributed by atoms with Crippen molar-refractivity contribution >= 4 is 49.6 Å². The minimum absolute atomic E-state index is 0. The van der Waals surface area contributed by atoms with Gasteiger partial charge in [0.25, 0.3) is 5.91 Å². The number of rotatable bonds is 10. The van der Waals surface area contributed by atoms with Gasteiger partial charge < -0.3 is 32.7 Å². The summed E-state index contributed by atoms with van der Waals surface area (Å²) in [5.41, 5.74) is 0. The predicted octanol–water partition coefficient (Wildman–Crippen LogP) is -3.61. The zero-order valence-electron chi connectivity index (χ0n) is 24.1. The highest BCUT2D eigenvalue weighted by Gasteiger charge is 2.20. The molecular formula is C21H47N4O13S3-. The van der Waals surface area contributed by atoms with Gasteiger partial charge in [0, 0.05) is 6.08 Å². The van der Waals surface area contributed by atoms with E-state index in [0.29, 0.717) is 0 Å². The SMILES string of the molecule is C.CC(=O)CC(=O)NS(=O)(=O)[O-].CC1=CC(=O)NS(=O)(=O)O1.CC[NH+](CC)CC.CC[NH+](CC)CC.O=S([O-])O[O-]. The second-order valence-corrected chi connectivity index (χ2v) is 10.4. The Labute approximate surface area is 247 Å². The summed E-state index contributed by atoms with van der Waals surface area (Å²) in [4.78, 5) is 34.3. The molecule has 1 unspecified atom stereocenters. The van der Waals surface area contributed by atoms with Crippen LogP contribution in [-0.2, 0) is 54.9 Å². The Bertz CT molecular complexity index is 958. The number of Topliss-reactive ketones (excluding diaryl/α,β-unsaturated/α-hetero) is 1. The molecule has 1 heterocycles. The van der Waals surface area contributed by atoms with Crippen LogP contribution in [0.3, 0.4) is 0 Å². The van der Waals surface area contributed by atoms with E-state index in [-0.39, 0.29) is 13.2 Å². The second-order valence-electron chi connectivity index (χ2n) is 7.51. The van der Waals surface area contributed by atoms with Crippen molar-refractivity contribution in [3.63, 3.8) is 0 Å². The maximum atomic E-state index is 10.5. The topological polar surface area (TPSA) is 257 Å². The zero-order chi connectivity index (χ0) is 32.5. The number of ketones is 1. The third kappa shape index (κ3) is 40.2. The van der Waals surface area contributed by atoms with Gasteiger partial charge in [0.15, 0.2) is 10.3 Å². The highest BCUT2D eigenvalue weighted by Crippen LogP contribution is 2.05. The predicted molar refractivity (Wildman–Crippen MR) is 147 cm³/mol. The van der Waals surface area contributed by atoms with Crippen molar-refractivity contribution in [1.82, 2.24) is 9.44 Å². The Kier molecular flexibility index (Phi) is 33.4. The van der Waals surface area contributed by atoms with Gasteiger partial charge >= 0.3 is 10.3 Å². The van der Waals surface area contributed by atoms with E-state index in [9.17, 15) is 35.8 Å². The van der Waals surface area contributed by atoms with E-state index in [2.05, 4.69) is 50.1 Å². The van der Waals surface area contributed by atoms with Crippen LogP contribution in [0.2, 0.25) is 0 Å². The molecule has 0 aromatic carbocycles. The third-order valence-corrected chi connectivity index (χ3v) is 6.03. The lowest BCUT2D eigenvalue weighted by atomic mass is 10.3. The Balaban J connectivity index is -0.000000134. The number of hydrogen-bond donors (Lipinski definition) is 4. The number of carbonyl (C=O) groups excluding carboxylic acids is 3. The molecule has 2 amide bonds. The van der Waals surface area contributed by atoms with Gasteiger partial charge in [0.2, 0.25) is 5.91 Å². The van der Waals surface area contributed by atoms with Crippen molar-refractivity contribution in [3.8, 4) is 0 Å². The van der Waals surface area contributed by atoms with E-state index in [1.54, 1.807) is 14.5 Å². The van der Waals surface area contributed by atoms with E-state index >= 15 is 0 Å². The lowest BCUT2D eigenvalue weighted by molar-refractivity contribution is -0.894. The summed E-state index contributed by atoms with van der Waals surface area (Å²) < 4.78 is 77.5. The van der Waals surface area contributed by atoms with E-state index < -0.39 is 56.0 Å². The molecule has 248 valence electrons. The molecule has 0 fully saturated rings. The Morgan fingerprint density at radius 3 is 1.54 bits per heavy atom. The summed E-state index contributed by atoms with van der Waals surface area (Å²) in [5.74, 6) is -2.22. The van der Waals surface area contributed by atoms with Crippen molar-refractivity contribution in [2.24, 2.45) is 0 Å². The van der Waals surface area contributed by atoms with Crippen molar-refractivity contribution in [1.29, 1.82) is 0 Å². The van der Waals surface area contributed by atoms with Gasteiger partial charge in [-0.2, -0.15) is 8.42 Å². The molecule has 17 nitrogen and oxygen atoms in total. The van der Waals surface area contributed by atoms with E-state index in [4.69, 9.17) is 14.0 Å². The van der Waals surface area contributed by atoms with Crippen LogP contribution in [0.15, 0.2) is 11.8 Å². The van der Waals surface area contributed by atoms with Gasteiger partial charge in [-0.25, -0.2) is 17.3 Å². The average molecular weight is 660 g/mol. The van der Waals surface area contributed by atoms with E-state index in [0.717, 1.165) is 17.7 Å². The monoisotopic (exact) mass is 659 g/mol. The number of amides is 2. The van der Waals surface area contributed by atoms with Crippen LogP contribution in [0.5, 0.6) is 0 Å². The molecular weight excluding hydrogens is 612 g/mol. The highest BCUT2D eigenvalue weighted by atomic mass is 32.2. The molecule has 0 aromatic rings. The molecule has 0 spiro atoms. The molecule has 1 aliphatic rings. The minimum atomic E-state index is -4.77. The summed E-state index contributed by atoms with van der Waals surface area (Å²) in [7, 11) is -8.62. The molecule has 0 aliphatic carbocycles. The van der Waals surface area contributed by atoms with Crippen molar-refractivity contribution < 1.29 is 68.1 Å². The van der Waals surface area contributed by atoms with Crippen LogP contribution < -0.4 is 24.5 Å². The Hall–Kier alpha value is -2.04. The number of hydrogen-bond acceptors (Lipinski definition) is 13. The molecule has 0 saturated carbocycles. The first kappa shape index (κ1) is 48.7. The Morgan fingerprint density at radius 2 is 1.37 bits per heavy atom. The fourth-order valence-corrected chi connectivity index (χ4v) is 3.55. The molecule has 1 aliphatic heterocycles. The highest BCUT2D eigenvalue weighted by molar-refractivity contribution is 7.85. The van der Waals surface area contributed by atoms with Gasteiger partial charge in [0.05, 0.1) is 57.1 Å². The van der Waals surface area contributed by atoms with Crippen LogP contribution in [-0.4, -0.2) is 87.0 Å². The molecule has 0 radical (unpaired) electrons. The first-order valence-electron chi connectivity index (χ1n) is 12.0. The maximum Gasteiger partial charge on any atom is 0.409 e. The van der Waals surface area contributed by atoms with Gasteiger partial charge in [-0.05, 0) is 55.4 Å². The van der Waals surface area contributed by atoms with Crippen LogP contribution in [0, 0.1) is 0 Å². The van der Waals surface area contributed by atoms with Crippen LogP contribution in [0.25, 0.3) is 0 Å². The van der Waals surface area contributed by atoms with Gasteiger partial charge in [-0.3, -0.25) is 19.1 Å². The number of carbonyl (C=O) groups is 3. The summed E-state index contributed by atoms with van der Waals surface area (Å²) >= 11 is -2.88. The third-order valence-electron chi connectivity index (χ3n) is 4.50. The Morgan fingerprint density at radius 1 is 1.02 bits per heavy atom. The number of allylic oxidation sites excluding steroid dienone is 1. The van der Waals surface area contributed by atoms with Gasteiger partial charge in [0.1, 0.15) is 11.5 Å². The molecule has 0 saturated heterocycles. The smallest absolute Gasteiger partial charge is 0.409 e.